The molecule has 8 rings (SSSR count). The first-order valence-corrected chi connectivity index (χ1v) is 18.6. The molecule has 1 atom stereocenters. The van der Waals surface area contributed by atoms with Crippen LogP contribution in [-0.2, 0) is 17.3 Å². The SMILES string of the molecule is CC(C)(C)c1ccc(N(c2ccccc2)c2cc3c(c4ccccc24)CC(N(c2ccccc2)c2ccc(C(C)(C)C)cc2)c2ccccc2-3)cc1. The van der Waals surface area contributed by atoms with Gasteiger partial charge in [-0.1, -0.05) is 151 Å². The van der Waals surface area contributed by atoms with Crippen LogP contribution in [0.3, 0.4) is 0 Å². The van der Waals surface area contributed by atoms with Crippen molar-refractivity contribution in [3.63, 3.8) is 0 Å². The maximum atomic E-state index is 2.56. The predicted molar refractivity (Wildman–Crippen MR) is 223 cm³/mol. The van der Waals surface area contributed by atoms with Crippen LogP contribution >= 0.6 is 0 Å². The zero-order chi connectivity index (χ0) is 36.0. The van der Waals surface area contributed by atoms with E-state index in [4.69, 9.17) is 0 Å². The molecule has 2 heteroatoms. The predicted octanol–water partition coefficient (Wildman–Crippen LogP) is 14.0. The van der Waals surface area contributed by atoms with Gasteiger partial charge >= 0.3 is 0 Å². The van der Waals surface area contributed by atoms with Crippen molar-refractivity contribution < 1.29 is 0 Å². The van der Waals surface area contributed by atoms with Crippen LogP contribution < -0.4 is 9.80 Å². The Kier molecular flexibility index (Phi) is 8.50. The van der Waals surface area contributed by atoms with E-state index in [2.05, 4.69) is 215 Å². The van der Waals surface area contributed by atoms with Gasteiger partial charge in [-0.3, -0.25) is 0 Å². The molecule has 0 saturated heterocycles. The summed E-state index contributed by atoms with van der Waals surface area (Å²) in [7, 11) is 0. The Balaban J connectivity index is 1.33. The minimum absolute atomic E-state index is 0.0805. The van der Waals surface area contributed by atoms with Gasteiger partial charge in [-0.25, -0.2) is 0 Å². The van der Waals surface area contributed by atoms with E-state index in [1.54, 1.807) is 0 Å². The molecule has 2 nitrogen and oxygen atoms in total. The Morgan fingerprint density at radius 1 is 0.442 bits per heavy atom. The van der Waals surface area contributed by atoms with E-state index in [-0.39, 0.29) is 16.9 Å². The van der Waals surface area contributed by atoms with Gasteiger partial charge in [-0.2, -0.15) is 0 Å². The molecule has 0 spiro atoms. The lowest BCUT2D eigenvalue weighted by Gasteiger charge is -2.39. The molecule has 7 aromatic rings. The number of hydrogen-bond donors (Lipinski definition) is 0. The van der Waals surface area contributed by atoms with Gasteiger partial charge < -0.3 is 9.80 Å². The highest BCUT2D eigenvalue weighted by Crippen LogP contribution is 2.51. The van der Waals surface area contributed by atoms with Crippen LogP contribution in [0.4, 0.5) is 28.4 Å². The van der Waals surface area contributed by atoms with Crippen LogP contribution in [0, 0.1) is 0 Å². The van der Waals surface area contributed by atoms with Crippen molar-refractivity contribution in [2.24, 2.45) is 0 Å². The molecule has 258 valence electrons. The molecule has 0 aromatic heterocycles. The fourth-order valence-electron chi connectivity index (χ4n) is 7.96. The van der Waals surface area contributed by atoms with Gasteiger partial charge in [0.2, 0.25) is 0 Å². The molecule has 0 bridgehead atoms. The lowest BCUT2D eigenvalue weighted by molar-refractivity contribution is 0.590. The molecule has 0 N–H and O–H groups in total. The summed E-state index contributed by atoms with van der Waals surface area (Å²) in [6.45, 7) is 13.7. The molecule has 0 fully saturated rings. The molecule has 0 heterocycles. The van der Waals surface area contributed by atoms with Crippen LogP contribution in [0.2, 0.25) is 0 Å². The molecule has 1 aliphatic carbocycles. The number of benzene rings is 7. The third kappa shape index (κ3) is 6.17. The Labute approximate surface area is 310 Å². The van der Waals surface area contributed by atoms with E-state index in [0.29, 0.717) is 0 Å². The lowest BCUT2D eigenvalue weighted by Crippen LogP contribution is -2.29. The van der Waals surface area contributed by atoms with Crippen molar-refractivity contribution in [1.29, 1.82) is 0 Å². The normalized spacial score (nSPS) is 14.1. The number of rotatable bonds is 6. The summed E-state index contributed by atoms with van der Waals surface area (Å²) in [6.07, 6.45) is 0.884. The summed E-state index contributed by atoms with van der Waals surface area (Å²) in [6, 6.07) is 60.8. The quantitative estimate of drug-likeness (QED) is 0.173. The van der Waals surface area contributed by atoms with E-state index >= 15 is 0 Å². The molecular formula is C50H48N2. The summed E-state index contributed by atoms with van der Waals surface area (Å²) in [5, 5.41) is 2.56. The first kappa shape index (κ1) is 33.5. The average molecular weight is 677 g/mol. The van der Waals surface area contributed by atoms with Crippen molar-refractivity contribution in [1.82, 2.24) is 0 Å². The number of anilines is 5. The molecule has 0 amide bonds. The minimum atomic E-state index is 0.0805. The van der Waals surface area contributed by atoms with E-state index in [1.165, 1.54) is 61.2 Å². The Bertz CT molecular complexity index is 2320. The van der Waals surface area contributed by atoms with Crippen LogP contribution in [0.5, 0.6) is 0 Å². The summed E-state index contributed by atoms with van der Waals surface area (Å²) in [5.41, 5.74) is 14.1. The Hall–Kier alpha value is -5.60. The highest BCUT2D eigenvalue weighted by atomic mass is 15.2. The van der Waals surface area contributed by atoms with Crippen molar-refractivity contribution in [2.75, 3.05) is 9.80 Å². The number of para-hydroxylation sites is 2. The molecule has 0 radical (unpaired) electrons. The van der Waals surface area contributed by atoms with Crippen LogP contribution in [0.15, 0.2) is 164 Å². The smallest absolute Gasteiger partial charge is 0.0638 e. The van der Waals surface area contributed by atoms with Crippen LogP contribution in [0.1, 0.15) is 69.8 Å². The Morgan fingerprint density at radius 2 is 0.904 bits per heavy atom. The molecule has 7 aromatic carbocycles. The van der Waals surface area contributed by atoms with Crippen molar-refractivity contribution in [3.8, 4) is 11.1 Å². The fraction of sp³-hybridized carbons (Fsp3) is 0.200. The van der Waals surface area contributed by atoms with E-state index in [0.717, 1.165) is 17.8 Å². The van der Waals surface area contributed by atoms with Crippen LogP contribution in [0.25, 0.3) is 21.9 Å². The monoisotopic (exact) mass is 676 g/mol. The zero-order valence-electron chi connectivity index (χ0n) is 31.3. The summed E-state index contributed by atoms with van der Waals surface area (Å²) >= 11 is 0. The molecule has 0 aliphatic heterocycles. The van der Waals surface area contributed by atoms with Crippen molar-refractivity contribution >= 4 is 39.2 Å². The fourth-order valence-corrected chi connectivity index (χ4v) is 7.96. The van der Waals surface area contributed by atoms with Gasteiger partial charge in [0.25, 0.3) is 0 Å². The van der Waals surface area contributed by atoms with Crippen molar-refractivity contribution in [3.05, 3.63) is 186 Å². The number of hydrogen-bond acceptors (Lipinski definition) is 2. The number of fused-ring (bicyclic) bond motifs is 5. The molecule has 0 saturated carbocycles. The van der Waals surface area contributed by atoms with Crippen LogP contribution in [-0.4, -0.2) is 0 Å². The lowest BCUT2D eigenvalue weighted by atomic mass is 9.78. The average Bonchev–Trinajstić information content (AvgIpc) is 3.16. The topological polar surface area (TPSA) is 6.48 Å². The van der Waals surface area contributed by atoms with Gasteiger partial charge in [-0.05, 0) is 111 Å². The largest absolute Gasteiger partial charge is 0.334 e. The van der Waals surface area contributed by atoms with Gasteiger partial charge in [0.1, 0.15) is 0 Å². The summed E-state index contributed by atoms with van der Waals surface area (Å²) in [4.78, 5) is 5.00. The second-order valence-electron chi connectivity index (χ2n) is 16.2. The summed E-state index contributed by atoms with van der Waals surface area (Å²) in [5.74, 6) is 0. The highest BCUT2D eigenvalue weighted by Gasteiger charge is 2.33. The molecule has 1 aliphatic rings. The molecule has 1 unspecified atom stereocenters. The standard InChI is InChI=1S/C50H48N2/c1-49(2,3)35-25-29-39(30-26-35)51(37-17-9-7-10-18-37)47-33-45-42-22-14-16-24-44(42)48(34-46(45)41-21-13-15-23-43(41)47)52(38-19-11-8-12-20-38)40-31-27-36(28-32-40)50(4,5)6/h7-33,48H,34H2,1-6H3. The third-order valence-corrected chi connectivity index (χ3v) is 10.7. The van der Waals surface area contributed by atoms with Crippen molar-refractivity contribution in [2.45, 2.75) is 64.8 Å². The van der Waals surface area contributed by atoms with E-state index in [1.807, 2.05) is 0 Å². The Morgan fingerprint density at radius 3 is 1.50 bits per heavy atom. The number of nitrogens with zero attached hydrogens (tertiary/aromatic N) is 2. The third-order valence-electron chi connectivity index (χ3n) is 10.7. The minimum Gasteiger partial charge on any atom is -0.334 e. The van der Waals surface area contributed by atoms with Gasteiger partial charge in [-0.15, -0.1) is 0 Å². The van der Waals surface area contributed by atoms with Gasteiger partial charge in [0, 0.05) is 28.1 Å². The molecular weight excluding hydrogens is 629 g/mol. The maximum absolute atomic E-state index is 2.56. The molecule has 52 heavy (non-hydrogen) atoms. The van der Waals surface area contributed by atoms with Gasteiger partial charge in [0.05, 0.1) is 11.7 Å². The second kappa shape index (κ2) is 13.2. The van der Waals surface area contributed by atoms with E-state index < -0.39 is 0 Å². The first-order chi connectivity index (χ1) is 25.1. The first-order valence-electron chi connectivity index (χ1n) is 18.6. The van der Waals surface area contributed by atoms with Gasteiger partial charge in [0.15, 0.2) is 0 Å². The second-order valence-corrected chi connectivity index (χ2v) is 16.2. The summed E-state index contributed by atoms with van der Waals surface area (Å²) < 4.78 is 0. The maximum Gasteiger partial charge on any atom is 0.0638 e. The van der Waals surface area contributed by atoms with E-state index in [9.17, 15) is 0 Å². The zero-order valence-corrected chi connectivity index (χ0v) is 31.3. The highest BCUT2D eigenvalue weighted by molar-refractivity contribution is 6.05.